The molecular formula is C20H19NO3. The summed E-state index contributed by atoms with van der Waals surface area (Å²) in [5, 5.41) is 10.7. The highest BCUT2D eigenvalue weighted by Crippen LogP contribution is 2.40. The molecule has 0 radical (unpaired) electrons. The van der Waals surface area contributed by atoms with Gasteiger partial charge in [-0.1, -0.05) is 36.3 Å². The van der Waals surface area contributed by atoms with Gasteiger partial charge in [-0.15, -0.1) is 6.42 Å². The van der Waals surface area contributed by atoms with E-state index < -0.39 is 10.5 Å². The van der Waals surface area contributed by atoms with Gasteiger partial charge in [0.15, 0.2) is 5.60 Å². The molecule has 0 aliphatic heterocycles. The fraction of sp³-hybridized carbons (Fsp3) is 0.300. The monoisotopic (exact) mass is 321 g/mol. The highest BCUT2D eigenvalue weighted by molar-refractivity contribution is 5.37. The Hall–Kier alpha value is -2.80. The maximum atomic E-state index is 10.7. The Bertz CT molecular complexity index is 739. The molecule has 0 heterocycles. The standard InChI is InChI=1S/C20H19NO3/c1-2-20(24-19-10-8-18(9-11-19)21(22)23)14-12-17(13-15-20)16-6-4-3-5-7-16/h1,3-11,17H,12-15H2. The summed E-state index contributed by atoms with van der Waals surface area (Å²) in [6.45, 7) is 0. The Morgan fingerprint density at radius 2 is 1.71 bits per heavy atom. The second-order valence-corrected chi connectivity index (χ2v) is 6.18. The zero-order valence-electron chi connectivity index (χ0n) is 13.4. The van der Waals surface area contributed by atoms with E-state index >= 15 is 0 Å². The summed E-state index contributed by atoms with van der Waals surface area (Å²) < 4.78 is 6.05. The van der Waals surface area contributed by atoms with Crippen molar-refractivity contribution in [3.05, 3.63) is 70.3 Å². The van der Waals surface area contributed by atoms with Crippen LogP contribution in [0.25, 0.3) is 0 Å². The van der Waals surface area contributed by atoms with E-state index in [1.807, 2.05) is 6.07 Å². The molecule has 0 atom stereocenters. The van der Waals surface area contributed by atoms with E-state index in [9.17, 15) is 10.1 Å². The zero-order chi connectivity index (χ0) is 17.0. The van der Waals surface area contributed by atoms with Gasteiger partial charge in [-0.25, -0.2) is 0 Å². The van der Waals surface area contributed by atoms with Gasteiger partial charge >= 0.3 is 0 Å². The summed E-state index contributed by atoms with van der Waals surface area (Å²) >= 11 is 0. The molecule has 0 unspecified atom stereocenters. The molecule has 1 fully saturated rings. The van der Waals surface area contributed by atoms with Gasteiger partial charge in [-0.05, 0) is 49.3 Å². The van der Waals surface area contributed by atoms with Crippen molar-refractivity contribution in [1.29, 1.82) is 0 Å². The lowest BCUT2D eigenvalue weighted by Crippen LogP contribution is -2.38. The number of ether oxygens (including phenoxy) is 1. The highest BCUT2D eigenvalue weighted by atomic mass is 16.6. The molecule has 0 amide bonds. The third-order valence-corrected chi connectivity index (χ3v) is 4.69. The van der Waals surface area contributed by atoms with Crippen molar-refractivity contribution in [2.45, 2.75) is 37.2 Å². The second kappa shape index (κ2) is 6.76. The molecule has 3 rings (SSSR count). The minimum absolute atomic E-state index is 0.0462. The normalized spacial score (nSPS) is 23.2. The summed E-state index contributed by atoms with van der Waals surface area (Å²) in [7, 11) is 0. The largest absolute Gasteiger partial charge is 0.475 e. The molecule has 2 aromatic carbocycles. The van der Waals surface area contributed by atoms with Crippen molar-refractivity contribution in [2.75, 3.05) is 0 Å². The van der Waals surface area contributed by atoms with Crippen LogP contribution >= 0.6 is 0 Å². The molecule has 0 aromatic heterocycles. The quantitative estimate of drug-likeness (QED) is 0.466. The molecule has 1 aliphatic rings. The molecule has 1 saturated carbocycles. The van der Waals surface area contributed by atoms with Gasteiger partial charge < -0.3 is 4.74 Å². The average molecular weight is 321 g/mol. The Morgan fingerprint density at radius 3 is 2.25 bits per heavy atom. The molecule has 4 heteroatoms. The predicted molar refractivity (Wildman–Crippen MR) is 92.9 cm³/mol. The number of hydrogen-bond acceptors (Lipinski definition) is 3. The molecule has 0 saturated heterocycles. The Morgan fingerprint density at radius 1 is 1.08 bits per heavy atom. The first-order valence-corrected chi connectivity index (χ1v) is 8.08. The summed E-state index contributed by atoms with van der Waals surface area (Å²) in [6, 6.07) is 16.6. The van der Waals surface area contributed by atoms with Crippen LogP contribution in [0, 0.1) is 22.5 Å². The summed E-state index contributed by atoms with van der Waals surface area (Å²) in [6.07, 6.45) is 9.27. The van der Waals surface area contributed by atoms with Gasteiger partial charge in [0.25, 0.3) is 5.69 Å². The number of hydrogen-bond donors (Lipinski definition) is 0. The number of terminal acetylenes is 1. The lowest BCUT2D eigenvalue weighted by atomic mass is 9.76. The van der Waals surface area contributed by atoms with Crippen LogP contribution in [-0.2, 0) is 0 Å². The maximum absolute atomic E-state index is 10.7. The van der Waals surface area contributed by atoms with Gasteiger partial charge in [0.2, 0.25) is 0 Å². The topological polar surface area (TPSA) is 52.4 Å². The van der Waals surface area contributed by atoms with Crippen molar-refractivity contribution in [1.82, 2.24) is 0 Å². The first kappa shape index (κ1) is 16.1. The van der Waals surface area contributed by atoms with Crippen LogP contribution in [-0.4, -0.2) is 10.5 Å². The number of nitro benzene ring substituents is 1. The zero-order valence-corrected chi connectivity index (χ0v) is 13.4. The van der Waals surface area contributed by atoms with Gasteiger partial charge in [-0.2, -0.15) is 0 Å². The molecule has 1 aliphatic carbocycles. The van der Waals surface area contributed by atoms with Gasteiger partial charge in [0.05, 0.1) is 4.92 Å². The van der Waals surface area contributed by atoms with E-state index in [4.69, 9.17) is 11.2 Å². The maximum Gasteiger partial charge on any atom is 0.269 e. The first-order chi connectivity index (χ1) is 11.6. The number of nitro groups is 1. The van der Waals surface area contributed by atoms with Crippen molar-refractivity contribution in [3.8, 4) is 18.1 Å². The molecule has 0 spiro atoms. The summed E-state index contributed by atoms with van der Waals surface area (Å²) in [5.41, 5.74) is 0.768. The molecule has 0 bridgehead atoms. The average Bonchev–Trinajstić information content (AvgIpc) is 2.63. The van der Waals surface area contributed by atoms with Gasteiger partial charge in [-0.3, -0.25) is 10.1 Å². The van der Waals surface area contributed by atoms with Crippen LogP contribution in [0.1, 0.15) is 37.2 Å². The summed E-state index contributed by atoms with van der Waals surface area (Å²) in [5.74, 6) is 3.91. The van der Waals surface area contributed by atoms with Crippen molar-refractivity contribution in [3.63, 3.8) is 0 Å². The van der Waals surface area contributed by atoms with E-state index in [1.165, 1.54) is 17.7 Å². The Balaban J connectivity index is 1.68. The van der Waals surface area contributed by atoms with Crippen molar-refractivity contribution < 1.29 is 9.66 Å². The molecular weight excluding hydrogens is 302 g/mol. The first-order valence-electron chi connectivity index (χ1n) is 8.08. The Labute approximate surface area is 141 Å². The molecule has 2 aromatic rings. The number of rotatable bonds is 4. The third-order valence-electron chi connectivity index (χ3n) is 4.69. The van der Waals surface area contributed by atoms with E-state index in [2.05, 4.69) is 30.2 Å². The van der Waals surface area contributed by atoms with E-state index in [0.29, 0.717) is 11.7 Å². The van der Waals surface area contributed by atoms with Crippen LogP contribution in [0.5, 0.6) is 5.75 Å². The third kappa shape index (κ3) is 3.41. The SMILES string of the molecule is C#CC1(Oc2ccc([N+](=O)[O-])cc2)CCC(c2ccccc2)CC1. The van der Waals surface area contributed by atoms with E-state index in [1.54, 1.807) is 12.1 Å². The fourth-order valence-corrected chi connectivity index (χ4v) is 3.28. The second-order valence-electron chi connectivity index (χ2n) is 6.18. The number of nitrogens with zero attached hydrogens (tertiary/aromatic N) is 1. The van der Waals surface area contributed by atoms with Crippen LogP contribution in [0.3, 0.4) is 0 Å². The van der Waals surface area contributed by atoms with Gasteiger partial charge in [0, 0.05) is 12.1 Å². The van der Waals surface area contributed by atoms with Crippen LogP contribution in [0.15, 0.2) is 54.6 Å². The highest BCUT2D eigenvalue weighted by Gasteiger charge is 2.36. The van der Waals surface area contributed by atoms with Crippen molar-refractivity contribution >= 4 is 5.69 Å². The minimum atomic E-state index is -0.624. The number of non-ortho nitro benzene ring substituents is 1. The minimum Gasteiger partial charge on any atom is -0.475 e. The van der Waals surface area contributed by atoms with E-state index in [-0.39, 0.29) is 5.69 Å². The van der Waals surface area contributed by atoms with Crippen LogP contribution < -0.4 is 4.74 Å². The lowest BCUT2D eigenvalue weighted by molar-refractivity contribution is -0.384. The smallest absolute Gasteiger partial charge is 0.269 e. The molecule has 0 N–H and O–H groups in total. The van der Waals surface area contributed by atoms with Crippen LogP contribution in [0.4, 0.5) is 5.69 Å². The predicted octanol–water partition coefficient (Wildman–Crippen LogP) is 4.70. The molecule has 122 valence electrons. The molecule has 24 heavy (non-hydrogen) atoms. The van der Waals surface area contributed by atoms with Crippen molar-refractivity contribution in [2.24, 2.45) is 0 Å². The molecule has 4 nitrogen and oxygen atoms in total. The van der Waals surface area contributed by atoms with Gasteiger partial charge in [0.1, 0.15) is 5.75 Å². The fourth-order valence-electron chi connectivity index (χ4n) is 3.28. The van der Waals surface area contributed by atoms with E-state index in [0.717, 1.165) is 25.7 Å². The lowest BCUT2D eigenvalue weighted by Gasteiger charge is -2.36. The number of benzene rings is 2. The van der Waals surface area contributed by atoms with Crippen LogP contribution in [0.2, 0.25) is 0 Å². The summed E-state index contributed by atoms with van der Waals surface area (Å²) in [4.78, 5) is 10.3. The Kier molecular flexibility index (Phi) is 4.52.